The molecule has 1 aromatic rings. The summed E-state index contributed by atoms with van der Waals surface area (Å²) in [5.41, 5.74) is -0.378. The van der Waals surface area contributed by atoms with E-state index in [9.17, 15) is 23.4 Å². The van der Waals surface area contributed by atoms with Crippen molar-refractivity contribution in [2.45, 2.75) is 48.7 Å². The van der Waals surface area contributed by atoms with Crippen molar-refractivity contribution in [2.75, 3.05) is 21.2 Å². The molecule has 0 spiro atoms. The van der Waals surface area contributed by atoms with Gasteiger partial charge >= 0.3 is 6.18 Å². The second kappa shape index (κ2) is 8.68. The summed E-state index contributed by atoms with van der Waals surface area (Å²) >= 11 is 1.10. The SMILES string of the molecule is COc1cccc(CO[C@H](C2O[C@@H]3SC(N(C)C)=N[C@@H]3[C@@H](O)[C@@H]2O)C(F)(F)F)c1. The Labute approximate surface area is 170 Å². The van der Waals surface area contributed by atoms with E-state index in [2.05, 4.69) is 4.99 Å². The first-order chi connectivity index (χ1) is 13.6. The van der Waals surface area contributed by atoms with Crippen LogP contribution in [0.5, 0.6) is 5.75 Å². The lowest BCUT2D eigenvalue weighted by Gasteiger charge is -2.41. The van der Waals surface area contributed by atoms with E-state index in [1.54, 1.807) is 43.3 Å². The highest BCUT2D eigenvalue weighted by atomic mass is 32.2. The number of aliphatic hydroxyl groups is 2. The van der Waals surface area contributed by atoms with Gasteiger partial charge in [0, 0.05) is 14.1 Å². The molecule has 0 radical (unpaired) electrons. The number of amidine groups is 1. The largest absolute Gasteiger partial charge is 0.497 e. The molecule has 6 atom stereocenters. The number of fused-ring (bicyclic) bond motifs is 1. The van der Waals surface area contributed by atoms with Crippen LogP contribution in [0.15, 0.2) is 29.3 Å². The van der Waals surface area contributed by atoms with E-state index < -0.39 is 42.1 Å². The first-order valence-corrected chi connectivity index (χ1v) is 9.74. The molecule has 0 saturated carbocycles. The minimum absolute atomic E-state index is 0.370. The van der Waals surface area contributed by atoms with Gasteiger partial charge in [0.25, 0.3) is 0 Å². The maximum atomic E-state index is 13.7. The first-order valence-electron chi connectivity index (χ1n) is 8.86. The average Bonchev–Trinajstić information content (AvgIpc) is 3.09. The number of halogens is 3. The van der Waals surface area contributed by atoms with E-state index in [-0.39, 0.29) is 6.61 Å². The molecule has 29 heavy (non-hydrogen) atoms. The highest BCUT2D eigenvalue weighted by Crippen LogP contribution is 2.41. The standard InChI is InChI=1S/C18H23F3N2O5S/c1-23(2)17-22-11-12(24)13(25)14(28-16(11)29-17)15(18(19,20)21)27-8-9-5-4-6-10(7-9)26-3/h4-7,11-16,24-25H,8H2,1-3H3/t11-,12-,13+,14?,15-,16-/m1/s1. The number of alkyl halides is 3. The van der Waals surface area contributed by atoms with E-state index >= 15 is 0 Å². The zero-order chi connectivity index (χ0) is 21.3. The fraction of sp³-hybridized carbons (Fsp3) is 0.611. The number of aliphatic hydroxyl groups excluding tert-OH is 2. The fourth-order valence-corrected chi connectivity index (χ4v) is 4.31. The second-order valence-electron chi connectivity index (χ2n) is 6.99. The normalized spacial score (nSPS) is 30.5. The maximum Gasteiger partial charge on any atom is 0.417 e. The van der Waals surface area contributed by atoms with Gasteiger partial charge in [-0.25, -0.2) is 0 Å². The van der Waals surface area contributed by atoms with E-state index in [1.807, 2.05) is 0 Å². The van der Waals surface area contributed by atoms with E-state index in [0.29, 0.717) is 16.5 Å². The predicted octanol–water partition coefficient (Wildman–Crippen LogP) is 1.62. The number of methoxy groups -OCH3 is 1. The fourth-order valence-electron chi connectivity index (χ4n) is 3.16. The lowest BCUT2D eigenvalue weighted by atomic mass is 9.94. The molecule has 7 nitrogen and oxygen atoms in total. The summed E-state index contributed by atoms with van der Waals surface area (Å²) in [5.74, 6) is 0.484. The van der Waals surface area contributed by atoms with Crippen molar-refractivity contribution in [2.24, 2.45) is 4.99 Å². The van der Waals surface area contributed by atoms with Crippen LogP contribution in [0.3, 0.4) is 0 Å². The minimum atomic E-state index is -4.81. The van der Waals surface area contributed by atoms with Gasteiger partial charge < -0.3 is 29.3 Å². The molecule has 1 saturated heterocycles. The van der Waals surface area contributed by atoms with Gasteiger partial charge in [0.15, 0.2) is 11.3 Å². The highest BCUT2D eigenvalue weighted by molar-refractivity contribution is 8.14. The Morgan fingerprint density at radius 1 is 1.28 bits per heavy atom. The summed E-state index contributed by atoms with van der Waals surface area (Å²) in [6, 6.07) is 5.60. The molecule has 11 heteroatoms. The molecule has 3 rings (SSSR count). The monoisotopic (exact) mass is 436 g/mol. The van der Waals surface area contributed by atoms with Crippen molar-refractivity contribution < 1.29 is 37.6 Å². The zero-order valence-corrected chi connectivity index (χ0v) is 16.9. The number of hydrogen-bond donors (Lipinski definition) is 2. The van der Waals surface area contributed by atoms with Crippen LogP contribution in [0.25, 0.3) is 0 Å². The number of nitrogens with zero attached hydrogens (tertiary/aromatic N) is 2. The third-order valence-electron chi connectivity index (χ3n) is 4.65. The van der Waals surface area contributed by atoms with Crippen LogP contribution >= 0.6 is 11.8 Å². The summed E-state index contributed by atoms with van der Waals surface area (Å²) in [5, 5.41) is 21.2. The molecule has 1 fully saturated rings. The predicted molar refractivity (Wildman–Crippen MR) is 101 cm³/mol. The van der Waals surface area contributed by atoms with Crippen molar-refractivity contribution in [1.82, 2.24) is 4.90 Å². The molecule has 162 valence electrons. The molecule has 0 aliphatic carbocycles. The van der Waals surface area contributed by atoms with Gasteiger partial charge in [-0.15, -0.1) is 0 Å². The van der Waals surface area contributed by atoms with Crippen molar-refractivity contribution in [1.29, 1.82) is 0 Å². The highest BCUT2D eigenvalue weighted by Gasteiger charge is 2.57. The van der Waals surface area contributed by atoms with Crippen LogP contribution in [-0.2, 0) is 16.1 Å². The Kier molecular flexibility index (Phi) is 6.64. The van der Waals surface area contributed by atoms with Gasteiger partial charge in [0.05, 0.1) is 13.7 Å². The number of rotatable bonds is 5. The molecule has 0 aromatic heterocycles. The summed E-state index contributed by atoms with van der Waals surface area (Å²) in [7, 11) is 4.89. The lowest BCUT2D eigenvalue weighted by Crippen LogP contribution is -2.61. The quantitative estimate of drug-likeness (QED) is 0.726. The van der Waals surface area contributed by atoms with E-state index in [0.717, 1.165) is 11.8 Å². The van der Waals surface area contributed by atoms with Crippen LogP contribution in [0.2, 0.25) is 0 Å². The van der Waals surface area contributed by atoms with Crippen LogP contribution in [-0.4, -0.2) is 83.6 Å². The Morgan fingerprint density at radius 3 is 2.62 bits per heavy atom. The molecular formula is C18H23F3N2O5S. The maximum absolute atomic E-state index is 13.7. The van der Waals surface area contributed by atoms with Gasteiger partial charge in [0.2, 0.25) is 0 Å². The smallest absolute Gasteiger partial charge is 0.417 e. The van der Waals surface area contributed by atoms with E-state index in [4.69, 9.17) is 14.2 Å². The summed E-state index contributed by atoms with van der Waals surface area (Å²) < 4.78 is 56.9. The molecule has 2 aliphatic heterocycles. The molecule has 2 N–H and O–H groups in total. The van der Waals surface area contributed by atoms with Gasteiger partial charge in [-0.1, -0.05) is 23.9 Å². The lowest BCUT2D eigenvalue weighted by molar-refractivity contribution is -0.286. The molecule has 1 aromatic carbocycles. The van der Waals surface area contributed by atoms with Crippen molar-refractivity contribution >= 4 is 16.9 Å². The minimum Gasteiger partial charge on any atom is -0.497 e. The third-order valence-corrected chi connectivity index (χ3v) is 5.96. The van der Waals surface area contributed by atoms with Gasteiger partial charge in [-0.2, -0.15) is 13.2 Å². The Bertz CT molecular complexity index is 748. The number of thioether (sulfide) groups is 1. The van der Waals surface area contributed by atoms with Crippen LogP contribution in [0.1, 0.15) is 5.56 Å². The average molecular weight is 436 g/mol. The van der Waals surface area contributed by atoms with Crippen LogP contribution in [0, 0.1) is 0 Å². The Hall–Kier alpha value is -1.53. The van der Waals surface area contributed by atoms with Gasteiger partial charge in [-0.05, 0) is 17.7 Å². The van der Waals surface area contributed by atoms with Crippen LogP contribution in [0.4, 0.5) is 13.2 Å². The van der Waals surface area contributed by atoms with Crippen molar-refractivity contribution in [3.8, 4) is 5.75 Å². The topological polar surface area (TPSA) is 83.8 Å². The van der Waals surface area contributed by atoms with Crippen LogP contribution < -0.4 is 4.74 Å². The van der Waals surface area contributed by atoms with Crippen molar-refractivity contribution in [3.05, 3.63) is 29.8 Å². The van der Waals surface area contributed by atoms with E-state index in [1.165, 1.54) is 7.11 Å². The Morgan fingerprint density at radius 2 is 2.00 bits per heavy atom. The van der Waals surface area contributed by atoms with Gasteiger partial charge in [-0.3, -0.25) is 4.99 Å². The molecular weight excluding hydrogens is 413 g/mol. The molecule has 0 bridgehead atoms. The zero-order valence-electron chi connectivity index (χ0n) is 16.0. The second-order valence-corrected chi connectivity index (χ2v) is 8.06. The number of benzene rings is 1. The molecule has 1 unspecified atom stereocenters. The summed E-state index contributed by atoms with van der Waals surface area (Å²) in [4.78, 5) is 5.91. The first kappa shape index (κ1) is 22.2. The molecule has 0 amide bonds. The third kappa shape index (κ3) is 4.80. The number of hydrogen-bond acceptors (Lipinski definition) is 8. The Balaban J connectivity index is 1.77. The van der Waals surface area contributed by atoms with Crippen molar-refractivity contribution in [3.63, 3.8) is 0 Å². The number of aliphatic imine (C=N–C) groups is 1. The van der Waals surface area contributed by atoms with Gasteiger partial charge in [0.1, 0.15) is 35.5 Å². The molecule has 2 aliphatic rings. The number of ether oxygens (including phenoxy) is 3. The summed E-state index contributed by atoms with van der Waals surface area (Å²) in [6.07, 6.45) is -12.3. The summed E-state index contributed by atoms with van der Waals surface area (Å²) in [6.45, 7) is -0.370. The molecule has 2 heterocycles.